The number of hydrogen-bond donors (Lipinski definition) is 0. The van der Waals surface area contributed by atoms with Crippen molar-refractivity contribution in [3.8, 4) is 0 Å². The number of nitrogens with zero attached hydrogens (tertiary/aromatic N) is 2. The lowest BCUT2D eigenvalue weighted by molar-refractivity contribution is -0.704. The molecular formula is C22H33N2O+. The third-order valence-electron chi connectivity index (χ3n) is 4.63. The summed E-state index contributed by atoms with van der Waals surface area (Å²) in [5.74, 6) is 2.05. The van der Waals surface area contributed by atoms with Gasteiger partial charge in [0.1, 0.15) is 18.9 Å². The maximum Gasteiger partial charge on any atom is 0.243 e. The Balaban J connectivity index is 2.30. The van der Waals surface area contributed by atoms with E-state index in [1.54, 1.807) is 0 Å². The van der Waals surface area contributed by atoms with Crippen LogP contribution in [0.1, 0.15) is 53.2 Å². The molecule has 0 saturated carbocycles. The number of hydrogen-bond acceptors (Lipinski definition) is 1. The molecule has 3 nitrogen and oxygen atoms in total. The quantitative estimate of drug-likeness (QED) is 0.480. The van der Waals surface area contributed by atoms with Crippen molar-refractivity contribution >= 4 is 0 Å². The van der Waals surface area contributed by atoms with E-state index in [9.17, 15) is 0 Å². The van der Waals surface area contributed by atoms with E-state index < -0.39 is 0 Å². The molecule has 0 bridgehead atoms. The lowest BCUT2D eigenvalue weighted by Gasteiger charge is -2.24. The van der Waals surface area contributed by atoms with Crippen LogP contribution in [-0.2, 0) is 17.8 Å². The Hall–Kier alpha value is -2.03. The van der Waals surface area contributed by atoms with Crippen LogP contribution in [0.5, 0.6) is 0 Å². The van der Waals surface area contributed by atoms with Gasteiger partial charge >= 0.3 is 0 Å². The van der Waals surface area contributed by atoms with Gasteiger partial charge in [0.25, 0.3) is 0 Å². The highest BCUT2D eigenvalue weighted by Gasteiger charge is 2.20. The number of imidazole rings is 1. The summed E-state index contributed by atoms with van der Waals surface area (Å²) in [7, 11) is 0. The molecule has 2 rings (SSSR count). The highest BCUT2D eigenvalue weighted by atomic mass is 16.5. The molecule has 0 radical (unpaired) electrons. The summed E-state index contributed by atoms with van der Waals surface area (Å²) in [5.41, 5.74) is 2.61. The predicted molar refractivity (Wildman–Crippen MR) is 103 cm³/mol. The van der Waals surface area contributed by atoms with E-state index in [1.807, 2.05) is 0 Å². The average molecular weight is 342 g/mol. The van der Waals surface area contributed by atoms with Gasteiger partial charge in [-0.3, -0.25) is 0 Å². The Labute approximate surface area is 153 Å². The van der Waals surface area contributed by atoms with Gasteiger partial charge in [0.05, 0.1) is 12.3 Å². The van der Waals surface area contributed by atoms with Gasteiger partial charge in [-0.1, -0.05) is 58.0 Å². The van der Waals surface area contributed by atoms with Crippen LogP contribution in [0.4, 0.5) is 0 Å². The summed E-state index contributed by atoms with van der Waals surface area (Å²) in [6, 6.07) is 10.5. The predicted octanol–water partition coefficient (Wildman–Crippen LogP) is 5.14. The molecule has 0 amide bonds. The van der Waals surface area contributed by atoms with Crippen LogP contribution in [0.25, 0.3) is 0 Å². The van der Waals surface area contributed by atoms with Crippen LogP contribution < -0.4 is 4.57 Å². The highest BCUT2D eigenvalue weighted by Crippen LogP contribution is 2.28. The lowest BCUT2D eigenvalue weighted by Crippen LogP contribution is -2.35. The molecule has 3 heteroatoms. The van der Waals surface area contributed by atoms with Crippen molar-refractivity contribution in [3.05, 3.63) is 65.9 Å². The van der Waals surface area contributed by atoms with Gasteiger partial charge in [0, 0.05) is 0 Å². The van der Waals surface area contributed by atoms with Crippen LogP contribution in [0.3, 0.4) is 0 Å². The maximum absolute atomic E-state index is 6.52. The molecule has 0 spiro atoms. The first-order valence-electron chi connectivity index (χ1n) is 9.39. The van der Waals surface area contributed by atoms with Crippen molar-refractivity contribution in [3.63, 3.8) is 0 Å². The molecule has 1 atom stereocenters. The van der Waals surface area contributed by atoms with Gasteiger partial charge in [-0.05, 0) is 36.8 Å². The number of aryl methyl sites for hydroxylation is 1. The number of ether oxygens (including phenoxy) is 1. The lowest BCUT2D eigenvalue weighted by atomic mass is 9.91. The standard InChI is InChI=1S/C22H33N2O/c1-7-23-13-14-24(16-23)15-21(20-11-9-8-10-12-20)25-19(6)22(17(2)3)18(4)5/h8-14,16-18,21H,7,15H2,1-6H3/q+1. The Bertz CT molecular complexity index is 673. The van der Waals surface area contributed by atoms with Gasteiger partial charge in [-0.15, -0.1) is 0 Å². The molecular weight excluding hydrogens is 308 g/mol. The molecule has 0 saturated heterocycles. The molecule has 25 heavy (non-hydrogen) atoms. The Morgan fingerprint density at radius 1 is 1.08 bits per heavy atom. The van der Waals surface area contributed by atoms with Crippen LogP contribution in [0.2, 0.25) is 0 Å². The molecule has 1 aromatic heterocycles. The van der Waals surface area contributed by atoms with E-state index in [2.05, 4.69) is 99.7 Å². The zero-order valence-corrected chi connectivity index (χ0v) is 16.6. The summed E-state index contributed by atoms with van der Waals surface area (Å²) >= 11 is 0. The van der Waals surface area contributed by atoms with E-state index >= 15 is 0 Å². The fourth-order valence-electron chi connectivity index (χ4n) is 3.56. The van der Waals surface area contributed by atoms with Crippen molar-refractivity contribution < 1.29 is 9.30 Å². The molecule has 1 unspecified atom stereocenters. The van der Waals surface area contributed by atoms with E-state index in [4.69, 9.17) is 4.74 Å². The largest absolute Gasteiger partial charge is 0.486 e. The zero-order chi connectivity index (χ0) is 18.4. The summed E-state index contributed by atoms with van der Waals surface area (Å²) in [6.07, 6.45) is 6.38. The van der Waals surface area contributed by atoms with Crippen LogP contribution in [0, 0.1) is 11.8 Å². The highest BCUT2D eigenvalue weighted by molar-refractivity contribution is 5.19. The van der Waals surface area contributed by atoms with Gasteiger partial charge in [-0.2, -0.15) is 0 Å². The third-order valence-corrected chi connectivity index (χ3v) is 4.63. The number of allylic oxidation sites excluding steroid dienone is 2. The minimum absolute atomic E-state index is 0.00593. The second-order valence-electron chi connectivity index (χ2n) is 7.28. The molecule has 2 aromatic rings. The van der Waals surface area contributed by atoms with Crippen molar-refractivity contribution in [2.75, 3.05) is 0 Å². The molecule has 0 aliphatic heterocycles. The number of benzene rings is 1. The summed E-state index contributed by atoms with van der Waals surface area (Å²) < 4.78 is 10.9. The van der Waals surface area contributed by atoms with E-state index in [0.717, 1.165) is 18.8 Å². The normalized spacial score (nSPS) is 12.5. The molecule has 1 aromatic carbocycles. The summed E-state index contributed by atoms with van der Waals surface area (Å²) in [4.78, 5) is 0. The van der Waals surface area contributed by atoms with Gasteiger partial charge < -0.3 is 4.74 Å². The molecule has 0 fully saturated rings. The summed E-state index contributed by atoms with van der Waals surface area (Å²) in [6.45, 7) is 15.0. The maximum atomic E-state index is 6.52. The molecule has 1 heterocycles. The van der Waals surface area contributed by atoms with Crippen molar-refractivity contribution in [1.82, 2.24) is 4.57 Å². The number of aromatic nitrogens is 2. The van der Waals surface area contributed by atoms with E-state index in [1.165, 1.54) is 11.1 Å². The first-order valence-corrected chi connectivity index (χ1v) is 9.39. The van der Waals surface area contributed by atoms with E-state index in [-0.39, 0.29) is 6.10 Å². The van der Waals surface area contributed by atoms with Gasteiger partial charge in [-0.25, -0.2) is 9.13 Å². The Morgan fingerprint density at radius 3 is 2.24 bits per heavy atom. The minimum atomic E-state index is 0.00593. The second-order valence-corrected chi connectivity index (χ2v) is 7.28. The molecule has 136 valence electrons. The first kappa shape index (κ1) is 19.3. The minimum Gasteiger partial charge on any atom is -0.486 e. The molecule has 0 N–H and O–H groups in total. The SMILES string of the molecule is CCn1cc[n+](CC(OC(C)=C(C(C)C)C(C)C)c2ccccc2)c1. The van der Waals surface area contributed by atoms with Crippen LogP contribution >= 0.6 is 0 Å². The molecule has 0 aliphatic rings. The van der Waals surface area contributed by atoms with Crippen LogP contribution in [-0.4, -0.2) is 4.57 Å². The Morgan fingerprint density at radius 2 is 1.72 bits per heavy atom. The van der Waals surface area contributed by atoms with E-state index in [0.29, 0.717) is 11.8 Å². The zero-order valence-electron chi connectivity index (χ0n) is 16.6. The monoisotopic (exact) mass is 341 g/mol. The van der Waals surface area contributed by atoms with Gasteiger partial charge in [0.2, 0.25) is 6.33 Å². The fourth-order valence-corrected chi connectivity index (χ4v) is 3.56. The smallest absolute Gasteiger partial charge is 0.243 e. The first-order chi connectivity index (χ1) is 11.9. The summed E-state index contributed by atoms with van der Waals surface area (Å²) in [5, 5.41) is 0. The van der Waals surface area contributed by atoms with Crippen LogP contribution in [0.15, 0.2) is 60.4 Å². The third kappa shape index (κ3) is 5.22. The van der Waals surface area contributed by atoms with Crippen molar-refractivity contribution in [2.45, 2.75) is 60.7 Å². The fraction of sp³-hybridized carbons (Fsp3) is 0.500. The molecule has 0 aliphatic carbocycles. The van der Waals surface area contributed by atoms with Crippen molar-refractivity contribution in [1.29, 1.82) is 0 Å². The second kappa shape index (κ2) is 8.89. The number of rotatable bonds is 8. The average Bonchev–Trinajstić information content (AvgIpc) is 3.02. The van der Waals surface area contributed by atoms with Crippen molar-refractivity contribution in [2.24, 2.45) is 11.8 Å². The van der Waals surface area contributed by atoms with Gasteiger partial charge in [0.15, 0.2) is 6.10 Å². The Kier molecular flexibility index (Phi) is 6.86. The topological polar surface area (TPSA) is 18.0 Å².